The second-order valence-corrected chi connectivity index (χ2v) is 4.72. The van der Waals surface area contributed by atoms with Crippen LogP contribution >= 0.6 is 0 Å². The summed E-state index contributed by atoms with van der Waals surface area (Å²) in [7, 11) is 0. The minimum atomic E-state index is 0.623. The molecule has 0 aromatic rings. The number of allylic oxidation sites excluding steroid dienone is 1. The lowest BCUT2D eigenvalue weighted by atomic mass is 9.89. The maximum atomic E-state index is 3.43. The summed E-state index contributed by atoms with van der Waals surface area (Å²) in [5.74, 6) is 0.891. The van der Waals surface area contributed by atoms with Crippen molar-refractivity contribution in [1.82, 2.24) is 5.32 Å². The van der Waals surface area contributed by atoms with E-state index in [1.165, 1.54) is 38.5 Å². The maximum absolute atomic E-state index is 3.43. The van der Waals surface area contributed by atoms with Crippen molar-refractivity contribution in [2.75, 3.05) is 6.54 Å². The lowest BCUT2D eigenvalue weighted by Crippen LogP contribution is -2.23. The van der Waals surface area contributed by atoms with Crippen molar-refractivity contribution >= 4 is 0 Å². The smallest absolute Gasteiger partial charge is 0.00105 e. The van der Waals surface area contributed by atoms with Gasteiger partial charge >= 0.3 is 0 Å². The Hall–Kier alpha value is -0.300. The van der Waals surface area contributed by atoms with E-state index < -0.39 is 0 Å². The van der Waals surface area contributed by atoms with E-state index in [-0.39, 0.29) is 0 Å². The van der Waals surface area contributed by atoms with Gasteiger partial charge in [-0.25, -0.2) is 0 Å². The van der Waals surface area contributed by atoms with Crippen LogP contribution in [0.5, 0.6) is 0 Å². The van der Waals surface area contributed by atoms with Crippen LogP contribution in [0.1, 0.15) is 52.4 Å². The second-order valence-electron chi connectivity index (χ2n) is 4.72. The molecule has 0 saturated heterocycles. The zero-order valence-corrected chi connectivity index (χ0v) is 9.76. The molecule has 0 heterocycles. The Morgan fingerprint density at radius 1 is 1.21 bits per heavy atom. The number of rotatable bonds is 5. The Morgan fingerprint density at radius 2 is 1.93 bits per heavy atom. The van der Waals surface area contributed by atoms with Gasteiger partial charge in [-0.15, -0.1) is 0 Å². The van der Waals surface area contributed by atoms with E-state index in [9.17, 15) is 0 Å². The maximum Gasteiger partial charge on any atom is 0.00105 e. The van der Waals surface area contributed by atoms with Crippen LogP contribution in [0, 0.1) is 5.92 Å². The summed E-state index contributed by atoms with van der Waals surface area (Å²) >= 11 is 0. The molecule has 1 N–H and O–H groups in total. The molecule has 0 bridgehead atoms. The Labute approximate surface area is 89.0 Å². The molecule has 0 aromatic heterocycles. The fraction of sp³-hybridized carbons (Fsp3) is 0.846. The Kier molecular flexibility index (Phi) is 5.93. The van der Waals surface area contributed by atoms with Gasteiger partial charge in [-0.3, -0.25) is 0 Å². The average molecular weight is 195 g/mol. The Bertz CT molecular complexity index is 155. The molecular weight excluding hydrogens is 170 g/mol. The van der Waals surface area contributed by atoms with Gasteiger partial charge in [-0.1, -0.05) is 45.3 Å². The monoisotopic (exact) mass is 195 g/mol. The highest BCUT2D eigenvalue weighted by Crippen LogP contribution is 2.24. The molecule has 1 saturated carbocycles. The zero-order chi connectivity index (χ0) is 10.2. The second kappa shape index (κ2) is 7.05. The predicted octanol–water partition coefficient (Wildman–Crippen LogP) is 3.51. The quantitative estimate of drug-likeness (QED) is 0.523. The Balaban J connectivity index is 2.01. The van der Waals surface area contributed by atoms with Crippen LogP contribution in [0.15, 0.2) is 12.2 Å². The third kappa shape index (κ3) is 5.43. The van der Waals surface area contributed by atoms with E-state index in [0.29, 0.717) is 6.04 Å². The number of hydrogen-bond donors (Lipinski definition) is 1. The normalized spacial score (nSPS) is 19.6. The molecule has 0 radical (unpaired) electrons. The summed E-state index contributed by atoms with van der Waals surface area (Å²) in [4.78, 5) is 0. The number of hydrogen-bond acceptors (Lipinski definition) is 1. The highest BCUT2D eigenvalue weighted by molar-refractivity contribution is 4.90. The van der Waals surface area contributed by atoms with Crippen LogP contribution in [0.2, 0.25) is 0 Å². The van der Waals surface area contributed by atoms with Crippen LogP contribution in [0.25, 0.3) is 0 Å². The van der Waals surface area contributed by atoms with Gasteiger partial charge in [0.15, 0.2) is 0 Å². The van der Waals surface area contributed by atoms with Crippen molar-refractivity contribution in [3.63, 3.8) is 0 Å². The fourth-order valence-corrected chi connectivity index (χ4v) is 2.07. The molecular formula is C13H25N. The minimum absolute atomic E-state index is 0.623. The van der Waals surface area contributed by atoms with Gasteiger partial charge in [0.25, 0.3) is 0 Å². The van der Waals surface area contributed by atoms with Crippen molar-refractivity contribution in [1.29, 1.82) is 0 Å². The molecule has 14 heavy (non-hydrogen) atoms. The molecule has 0 unspecified atom stereocenters. The molecule has 1 fully saturated rings. The van der Waals surface area contributed by atoms with E-state index in [1.54, 1.807) is 0 Å². The van der Waals surface area contributed by atoms with Crippen molar-refractivity contribution in [2.24, 2.45) is 5.92 Å². The third-order valence-electron chi connectivity index (χ3n) is 2.92. The van der Waals surface area contributed by atoms with Gasteiger partial charge in [0.05, 0.1) is 0 Å². The van der Waals surface area contributed by atoms with Crippen molar-refractivity contribution in [3.8, 4) is 0 Å². The standard InChI is InChI=1S/C13H25N/c1-12(2)14-11-7-6-10-13-8-4-3-5-9-13/h6,10,12-14H,3-5,7-9,11H2,1-2H3. The molecule has 0 aliphatic heterocycles. The van der Waals surface area contributed by atoms with Crippen LogP contribution in [-0.4, -0.2) is 12.6 Å². The summed E-state index contributed by atoms with van der Waals surface area (Å²) in [6, 6.07) is 0.623. The molecule has 0 spiro atoms. The zero-order valence-electron chi connectivity index (χ0n) is 9.76. The molecule has 1 aliphatic carbocycles. The fourth-order valence-electron chi connectivity index (χ4n) is 2.07. The van der Waals surface area contributed by atoms with E-state index in [1.807, 2.05) is 0 Å². The lowest BCUT2D eigenvalue weighted by Gasteiger charge is -2.17. The summed E-state index contributed by atoms with van der Waals surface area (Å²) in [5.41, 5.74) is 0. The van der Waals surface area contributed by atoms with Gasteiger partial charge < -0.3 is 5.32 Å². The number of nitrogens with one attached hydrogen (secondary N) is 1. The van der Waals surface area contributed by atoms with Crippen molar-refractivity contribution < 1.29 is 0 Å². The first kappa shape index (κ1) is 11.8. The molecule has 1 nitrogen and oxygen atoms in total. The van der Waals surface area contributed by atoms with Crippen LogP contribution < -0.4 is 5.32 Å². The summed E-state index contributed by atoms with van der Waals surface area (Å²) < 4.78 is 0. The molecule has 1 rings (SSSR count). The van der Waals surface area contributed by atoms with E-state index in [4.69, 9.17) is 0 Å². The molecule has 1 aliphatic rings. The highest BCUT2D eigenvalue weighted by atomic mass is 14.9. The van der Waals surface area contributed by atoms with E-state index in [2.05, 4.69) is 31.3 Å². The highest BCUT2D eigenvalue weighted by Gasteiger charge is 2.08. The van der Waals surface area contributed by atoms with Crippen molar-refractivity contribution in [2.45, 2.75) is 58.4 Å². The first-order chi connectivity index (χ1) is 6.79. The summed E-state index contributed by atoms with van der Waals surface area (Å²) in [6.45, 7) is 5.52. The SMILES string of the molecule is CC(C)NCCC=CC1CCCCC1. The van der Waals surface area contributed by atoms with Crippen LogP contribution in [0.3, 0.4) is 0 Å². The van der Waals surface area contributed by atoms with Crippen molar-refractivity contribution in [3.05, 3.63) is 12.2 Å². The molecule has 0 amide bonds. The van der Waals surface area contributed by atoms with Gasteiger partial charge in [0.1, 0.15) is 0 Å². The van der Waals surface area contributed by atoms with E-state index in [0.717, 1.165) is 12.5 Å². The molecule has 82 valence electrons. The first-order valence-corrected chi connectivity index (χ1v) is 6.19. The third-order valence-corrected chi connectivity index (χ3v) is 2.92. The van der Waals surface area contributed by atoms with E-state index >= 15 is 0 Å². The van der Waals surface area contributed by atoms with Gasteiger partial charge in [0, 0.05) is 6.04 Å². The Morgan fingerprint density at radius 3 is 2.57 bits per heavy atom. The molecule has 0 atom stereocenters. The summed E-state index contributed by atoms with van der Waals surface area (Å²) in [5, 5.41) is 3.43. The lowest BCUT2D eigenvalue weighted by molar-refractivity contribution is 0.418. The minimum Gasteiger partial charge on any atom is -0.314 e. The first-order valence-electron chi connectivity index (χ1n) is 6.19. The van der Waals surface area contributed by atoms with Gasteiger partial charge in [0.2, 0.25) is 0 Å². The predicted molar refractivity (Wildman–Crippen MR) is 63.5 cm³/mol. The van der Waals surface area contributed by atoms with Gasteiger partial charge in [-0.05, 0) is 31.7 Å². The molecule has 1 heteroatoms. The van der Waals surface area contributed by atoms with Gasteiger partial charge in [-0.2, -0.15) is 0 Å². The van der Waals surface area contributed by atoms with Crippen LogP contribution in [-0.2, 0) is 0 Å². The average Bonchev–Trinajstić information content (AvgIpc) is 2.18. The topological polar surface area (TPSA) is 12.0 Å². The largest absolute Gasteiger partial charge is 0.314 e. The van der Waals surface area contributed by atoms with Crippen LogP contribution in [0.4, 0.5) is 0 Å². The summed E-state index contributed by atoms with van der Waals surface area (Å²) in [6.07, 6.45) is 13.2. The molecule has 0 aromatic carbocycles.